The van der Waals surface area contributed by atoms with E-state index in [1.165, 1.54) is 0 Å². The quantitative estimate of drug-likeness (QED) is 0.326. The van der Waals surface area contributed by atoms with Crippen LogP contribution < -0.4 is 9.79 Å². The number of hydrogen-bond donors (Lipinski definition) is 0. The molecule has 0 spiro atoms. The van der Waals surface area contributed by atoms with E-state index in [-0.39, 0.29) is 35.6 Å². The van der Waals surface area contributed by atoms with Crippen LogP contribution in [0.1, 0.15) is 95.9 Å². The summed E-state index contributed by atoms with van der Waals surface area (Å²) in [5.74, 6) is 0. The molecule has 2 unspecified atom stereocenters. The first-order chi connectivity index (χ1) is 12.8. The lowest BCUT2D eigenvalue weighted by atomic mass is 9.91. The number of phosphoric ester groups is 1. The lowest BCUT2D eigenvalue weighted by molar-refractivity contribution is -0.227. The third-order valence-corrected chi connectivity index (χ3v) is 6.16. The Bertz CT molecular complexity index is 556. The average molecular weight is 473 g/mol. The molecular weight excluding hydrogens is 426 g/mol. The van der Waals surface area contributed by atoms with Crippen molar-refractivity contribution in [2.75, 3.05) is 19.4 Å². The Labute approximate surface area is 185 Å². The Hall–Kier alpha value is 0.260. The van der Waals surface area contributed by atoms with Crippen molar-refractivity contribution < 1.29 is 32.5 Å². The fourth-order valence-corrected chi connectivity index (χ4v) is 5.15. The maximum atomic E-state index is 11.5. The largest absolute Gasteiger partial charge is 0.778 e. The zero-order chi connectivity index (χ0) is 24.7. The summed E-state index contributed by atoms with van der Waals surface area (Å²) in [7, 11) is -7.81. The molecule has 2 atom stereocenters. The molecule has 0 aliphatic heterocycles. The number of hydrogen-bond acceptors (Lipinski definition) is 7. The topological polar surface area (TPSA) is 108 Å². The highest BCUT2D eigenvalue weighted by atomic mass is 31.2. The Morgan fingerprint density at radius 1 is 0.700 bits per heavy atom. The molecule has 0 aromatic heterocycles. The van der Waals surface area contributed by atoms with Gasteiger partial charge in [-0.15, -0.1) is 0 Å². The van der Waals surface area contributed by atoms with E-state index >= 15 is 0 Å². The molecule has 0 bridgehead atoms. The summed E-state index contributed by atoms with van der Waals surface area (Å²) in [4.78, 5) is 22.9. The molecule has 0 fully saturated rings. The second kappa shape index (κ2) is 11.9. The average Bonchev–Trinajstić information content (AvgIpc) is 2.35. The molecule has 9 heteroatoms. The van der Waals surface area contributed by atoms with Crippen LogP contribution in [0.15, 0.2) is 0 Å². The van der Waals surface area contributed by atoms with E-state index in [2.05, 4.69) is 20.8 Å². The van der Waals surface area contributed by atoms with Gasteiger partial charge in [-0.1, -0.05) is 62.3 Å². The van der Waals surface area contributed by atoms with Gasteiger partial charge in [-0.25, -0.2) is 0 Å². The predicted molar refractivity (Wildman–Crippen MR) is 120 cm³/mol. The monoisotopic (exact) mass is 472 g/mol. The Kier molecular flexibility index (Phi) is 12.9. The van der Waals surface area contributed by atoms with Crippen molar-refractivity contribution in [3.8, 4) is 0 Å². The van der Waals surface area contributed by atoms with Gasteiger partial charge in [-0.3, -0.25) is 4.57 Å². The van der Waals surface area contributed by atoms with E-state index in [0.717, 1.165) is 6.42 Å². The number of phosphoric acid groups is 1. The Morgan fingerprint density at radius 2 is 1.17 bits per heavy atom. The highest BCUT2D eigenvalue weighted by molar-refractivity contribution is 7.51. The van der Waals surface area contributed by atoms with Crippen LogP contribution in [0.2, 0.25) is 0 Å². The van der Waals surface area contributed by atoms with Gasteiger partial charge < -0.3 is 27.9 Å². The van der Waals surface area contributed by atoms with Crippen molar-refractivity contribution in [1.82, 2.24) is 0 Å². The van der Waals surface area contributed by atoms with Gasteiger partial charge in [0.1, 0.15) is 7.60 Å². The minimum absolute atomic E-state index is 0.0806. The van der Waals surface area contributed by atoms with Crippen LogP contribution in [0.3, 0.4) is 0 Å². The van der Waals surface area contributed by atoms with E-state index in [9.17, 15) is 18.9 Å². The normalized spacial score (nSPS) is 17.5. The summed E-state index contributed by atoms with van der Waals surface area (Å²) in [5, 5.41) is 0. The van der Waals surface area contributed by atoms with Gasteiger partial charge in [0.25, 0.3) is 7.82 Å². The van der Waals surface area contributed by atoms with Crippen molar-refractivity contribution in [2.24, 2.45) is 16.2 Å². The van der Waals surface area contributed by atoms with Crippen LogP contribution in [0.5, 0.6) is 0 Å². The molecule has 0 aromatic rings. The van der Waals surface area contributed by atoms with Gasteiger partial charge in [0.15, 0.2) is 0 Å². The highest BCUT2D eigenvalue weighted by Gasteiger charge is 2.24. The Balaban J connectivity index is 0. The van der Waals surface area contributed by atoms with Gasteiger partial charge in [0.2, 0.25) is 0 Å². The maximum absolute atomic E-state index is 11.5. The van der Waals surface area contributed by atoms with E-state index in [1.54, 1.807) is 20.8 Å². The fraction of sp³-hybridized carbons (Fsp3) is 1.00. The molecule has 0 aromatic carbocycles. The summed E-state index contributed by atoms with van der Waals surface area (Å²) in [6.07, 6.45) is 1.72. The standard InChI is InChI=1S/C12H27O4P.C9H21O3P/c1-11(2,3)8-7-9-15-17(13,14)16-10-12(4,5)6;1-8(2,3)7-13(10,11)12-9(4,5)6/h7-10H2,1-6H3,(H,13,14);7H2,1-6H3,(H,10,11)/p-2. The van der Waals surface area contributed by atoms with Crippen LogP contribution in [-0.2, 0) is 22.7 Å². The van der Waals surface area contributed by atoms with Crippen LogP contribution in [-0.4, -0.2) is 25.0 Å². The predicted octanol–water partition coefficient (Wildman–Crippen LogP) is 5.76. The maximum Gasteiger partial charge on any atom is 0.267 e. The van der Waals surface area contributed by atoms with Crippen LogP contribution >= 0.6 is 15.4 Å². The summed E-state index contributed by atoms with van der Waals surface area (Å²) >= 11 is 0. The van der Waals surface area contributed by atoms with E-state index in [1.807, 2.05) is 41.5 Å². The van der Waals surface area contributed by atoms with Crippen LogP contribution in [0.4, 0.5) is 0 Å². The molecule has 0 aliphatic rings. The van der Waals surface area contributed by atoms with Crippen molar-refractivity contribution in [3.63, 3.8) is 0 Å². The molecular formula is C21H46O7P2-2. The van der Waals surface area contributed by atoms with Gasteiger partial charge >= 0.3 is 0 Å². The molecule has 0 N–H and O–H groups in total. The van der Waals surface area contributed by atoms with Crippen molar-refractivity contribution in [1.29, 1.82) is 0 Å². The van der Waals surface area contributed by atoms with E-state index < -0.39 is 21.0 Å². The van der Waals surface area contributed by atoms with Crippen LogP contribution in [0, 0.1) is 16.2 Å². The molecule has 0 saturated heterocycles. The van der Waals surface area contributed by atoms with Gasteiger partial charge in [0, 0.05) is 6.16 Å². The first kappa shape index (κ1) is 32.4. The molecule has 0 aliphatic carbocycles. The number of rotatable bonds is 8. The van der Waals surface area contributed by atoms with Crippen molar-refractivity contribution >= 4 is 15.4 Å². The molecule has 0 radical (unpaired) electrons. The molecule has 7 nitrogen and oxygen atoms in total. The van der Waals surface area contributed by atoms with Gasteiger partial charge in [-0.2, -0.15) is 0 Å². The molecule has 184 valence electrons. The zero-order valence-electron chi connectivity index (χ0n) is 21.3. The molecule has 0 heterocycles. The third kappa shape index (κ3) is 26.3. The molecule has 0 amide bonds. The smallest absolute Gasteiger partial charge is 0.267 e. The Morgan fingerprint density at radius 3 is 1.50 bits per heavy atom. The molecule has 30 heavy (non-hydrogen) atoms. The van der Waals surface area contributed by atoms with E-state index in [4.69, 9.17) is 13.6 Å². The minimum Gasteiger partial charge on any atom is -0.778 e. The van der Waals surface area contributed by atoms with Gasteiger partial charge in [0.05, 0.1) is 18.8 Å². The SMILES string of the molecule is CC(C)(C)CCCOP(=O)([O-])OCC(C)(C)C.CC(C)(C)CP(=O)([O-])OC(C)(C)C. The summed E-state index contributed by atoms with van der Waals surface area (Å²) in [6.45, 7) is 23.2. The second-order valence-electron chi connectivity index (χ2n) is 12.3. The van der Waals surface area contributed by atoms with Gasteiger partial charge in [-0.05, 0) is 49.9 Å². The molecule has 0 rings (SSSR count). The van der Waals surface area contributed by atoms with E-state index in [0.29, 0.717) is 6.42 Å². The zero-order valence-corrected chi connectivity index (χ0v) is 23.1. The lowest BCUT2D eigenvalue weighted by Gasteiger charge is -2.35. The van der Waals surface area contributed by atoms with Crippen LogP contribution in [0.25, 0.3) is 0 Å². The fourth-order valence-electron chi connectivity index (χ4n) is 2.12. The summed E-state index contributed by atoms with van der Waals surface area (Å²) in [6, 6.07) is 0. The minimum atomic E-state index is -4.12. The third-order valence-electron chi connectivity index (χ3n) is 3.06. The van der Waals surface area contributed by atoms with Crippen molar-refractivity contribution in [2.45, 2.75) is 102 Å². The second-order valence-corrected chi connectivity index (χ2v) is 15.4. The first-order valence-electron chi connectivity index (χ1n) is 10.4. The first-order valence-corrected chi connectivity index (χ1v) is 13.6. The summed E-state index contributed by atoms with van der Waals surface area (Å²) < 4.78 is 37.5. The van der Waals surface area contributed by atoms with Crippen molar-refractivity contribution in [3.05, 3.63) is 0 Å². The highest BCUT2D eigenvalue weighted by Crippen LogP contribution is 2.46. The summed E-state index contributed by atoms with van der Waals surface area (Å²) in [5.41, 5.74) is -0.859. The molecule has 0 saturated carbocycles. The lowest BCUT2D eigenvalue weighted by Crippen LogP contribution is -2.26.